The van der Waals surface area contributed by atoms with Gasteiger partial charge in [0.05, 0.1) is 29.2 Å². The molecule has 1 aromatic carbocycles. The zero-order valence-electron chi connectivity index (χ0n) is 15.5. The third-order valence-corrected chi connectivity index (χ3v) is 5.77. The van der Waals surface area contributed by atoms with E-state index >= 15 is 0 Å². The Labute approximate surface area is 176 Å². The molecule has 3 amide bonds. The van der Waals surface area contributed by atoms with Crippen molar-refractivity contribution in [3.8, 4) is 5.75 Å². The lowest BCUT2D eigenvalue weighted by molar-refractivity contribution is -0.139. The van der Waals surface area contributed by atoms with Crippen molar-refractivity contribution in [2.24, 2.45) is 0 Å². The zero-order valence-corrected chi connectivity index (χ0v) is 17.9. The van der Waals surface area contributed by atoms with Gasteiger partial charge in [0.2, 0.25) is 5.91 Å². The van der Waals surface area contributed by atoms with Crippen LogP contribution in [0.25, 0.3) is 6.08 Å². The van der Waals surface area contributed by atoms with Gasteiger partial charge in [-0.05, 0) is 57.9 Å². The van der Waals surface area contributed by atoms with E-state index < -0.39 is 11.1 Å². The highest BCUT2D eigenvalue weighted by Crippen LogP contribution is 2.34. The monoisotopic (exact) mass is 468 g/mol. The van der Waals surface area contributed by atoms with Gasteiger partial charge in [-0.1, -0.05) is 13.0 Å². The van der Waals surface area contributed by atoms with Crippen LogP contribution in [-0.2, 0) is 14.3 Å². The summed E-state index contributed by atoms with van der Waals surface area (Å²) in [6.45, 7) is 4.31. The van der Waals surface area contributed by atoms with Gasteiger partial charge in [0.1, 0.15) is 12.3 Å². The van der Waals surface area contributed by atoms with E-state index in [1.807, 2.05) is 25.1 Å². The third-order valence-electron chi connectivity index (χ3n) is 4.25. The van der Waals surface area contributed by atoms with Crippen LogP contribution in [0, 0.1) is 0 Å². The Hall–Kier alpha value is -1.84. The molecular weight excluding hydrogens is 448 g/mol. The summed E-state index contributed by atoms with van der Waals surface area (Å²) in [5, 5.41) is -0.431. The van der Waals surface area contributed by atoms with E-state index in [1.165, 1.54) is 0 Å². The van der Waals surface area contributed by atoms with Crippen molar-refractivity contribution in [1.29, 1.82) is 0 Å². The van der Waals surface area contributed by atoms with Crippen LogP contribution in [0.5, 0.6) is 5.75 Å². The number of benzene rings is 1. The molecule has 150 valence electrons. The first-order chi connectivity index (χ1) is 13.5. The molecule has 0 N–H and O–H groups in total. The number of morpholine rings is 1. The normalized spacial score (nSPS) is 18.9. The number of thioether (sulfide) groups is 1. The van der Waals surface area contributed by atoms with Crippen molar-refractivity contribution in [3.05, 3.63) is 33.1 Å². The minimum Gasteiger partial charge on any atom is -0.492 e. The lowest BCUT2D eigenvalue weighted by atomic mass is 10.2. The first-order valence-corrected chi connectivity index (χ1v) is 10.6. The lowest BCUT2D eigenvalue weighted by Gasteiger charge is -2.28. The number of carbonyl (C=O) groups excluding carboxylic acids is 3. The number of ether oxygens (including phenoxy) is 2. The number of carbonyl (C=O) groups is 3. The average molecular weight is 469 g/mol. The van der Waals surface area contributed by atoms with Crippen LogP contribution in [0.3, 0.4) is 0 Å². The molecule has 0 unspecified atom stereocenters. The molecule has 3 rings (SSSR count). The molecule has 7 nitrogen and oxygen atoms in total. The molecule has 2 saturated heterocycles. The largest absolute Gasteiger partial charge is 0.492 e. The maximum atomic E-state index is 12.6. The van der Waals surface area contributed by atoms with Crippen molar-refractivity contribution in [3.63, 3.8) is 0 Å². The lowest BCUT2D eigenvalue weighted by Crippen LogP contribution is -2.46. The highest BCUT2D eigenvalue weighted by molar-refractivity contribution is 9.10. The molecule has 0 aliphatic carbocycles. The molecular formula is C19H21BrN2O5S. The summed E-state index contributed by atoms with van der Waals surface area (Å²) in [5.41, 5.74) is 0.765. The smallest absolute Gasteiger partial charge is 0.294 e. The van der Waals surface area contributed by atoms with Crippen molar-refractivity contribution < 1.29 is 23.9 Å². The molecule has 2 aliphatic heterocycles. The standard InChI is InChI=1S/C19H21BrN2O5S/c1-2-7-27-15-4-3-13(10-14(15)20)11-16-18(24)22(19(25)28-16)12-17(23)21-5-8-26-9-6-21/h3-4,10-11H,2,5-9,12H2,1H3/b16-11-. The first-order valence-electron chi connectivity index (χ1n) is 9.03. The summed E-state index contributed by atoms with van der Waals surface area (Å²) in [6.07, 6.45) is 2.56. The molecule has 9 heteroatoms. The molecule has 0 saturated carbocycles. The number of hydrogen-bond donors (Lipinski definition) is 0. The second-order valence-electron chi connectivity index (χ2n) is 6.30. The van der Waals surface area contributed by atoms with Crippen LogP contribution in [-0.4, -0.2) is 66.3 Å². The van der Waals surface area contributed by atoms with Gasteiger partial charge < -0.3 is 14.4 Å². The maximum absolute atomic E-state index is 12.6. The molecule has 0 spiro atoms. The van der Waals surface area contributed by atoms with E-state index in [4.69, 9.17) is 9.47 Å². The minimum atomic E-state index is -0.445. The Morgan fingerprint density at radius 3 is 2.75 bits per heavy atom. The fourth-order valence-electron chi connectivity index (χ4n) is 2.77. The molecule has 2 heterocycles. The van der Waals surface area contributed by atoms with Gasteiger partial charge in [-0.25, -0.2) is 0 Å². The molecule has 0 atom stereocenters. The van der Waals surface area contributed by atoms with Crippen molar-refractivity contribution in [1.82, 2.24) is 9.80 Å². The van der Waals surface area contributed by atoms with Gasteiger partial charge in [0, 0.05) is 13.1 Å². The predicted molar refractivity (Wildman–Crippen MR) is 110 cm³/mol. The van der Waals surface area contributed by atoms with Crippen LogP contribution in [0.1, 0.15) is 18.9 Å². The number of halogens is 1. The zero-order chi connectivity index (χ0) is 20.1. The van der Waals surface area contributed by atoms with Gasteiger partial charge in [0.25, 0.3) is 11.1 Å². The maximum Gasteiger partial charge on any atom is 0.294 e. The Bertz CT molecular complexity index is 808. The van der Waals surface area contributed by atoms with Gasteiger partial charge >= 0.3 is 0 Å². The third kappa shape index (κ3) is 4.95. The topological polar surface area (TPSA) is 76.2 Å². The minimum absolute atomic E-state index is 0.241. The Balaban J connectivity index is 1.68. The highest BCUT2D eigenvalue weighted by Gasteiger charge is 2.37. The summed E-state index contributed by atoms with van der Waals surface area (Å²) >= 11 is 4.30. The predicted octanol–water partition coefficient (Wildman–Crippen LogP) is 3.13. The molecule has 0 radical (unpaired) electrons. The van der Waals surface area contributed by atoms with E-state index in [1.54, 1.807) is 11.0 Å². The first kappa shape index (κ1) is 20.9. The van der Waals surface area contributed by atoms with E-state index in [9.17, 15) is 14.4 Å². The Kier molecular flexibility index (Phi) is 7.14. The fourth-order valence-corrected chi connectivity index (χ4v) is 4.12. The van der Waals surface area contributed by atoms with Crippen LogP contribution >= 0.6 is 27.7 Å². The van der Waals surface area contributed by atoms with Crippen molar-refractivity contribution >= 4 is 50.8 Å². The van der Waals surface area contributed by atoms with E-state index in [0.29, 0.717) is 37.8 Å². The summed E-state index contributed by atoms with van der Waals surface area (Å²) in [5.74, 6) is 0.0364. The number of amides is 3. The summed E-state index contributed by atoms with van der Waals surface area (Å²) in [7, 11) is 0. The molecule has 0 bridgehead atoms. The van der Waals surface area contributed by atoms with Gasteiger partial charge in [0.15, 0.2) is 0 Å². The second-order valence-corrected chi connectivity index (χ2v) is 8.15. The van der Waals surface area contributed by atoms with E-state index in [0.717, 1.165) is 38.9 Å². The van der Waals surface area contributed by atoms with Crippen LogP contribution in [0.15, 0.2) is 27.6 Å². The quantitative estimate of drug-likeness (QED) is 0.596. The summed E-state index contributed by atoms with van der Waals surface area (Å²) in [6, 6.07) is 5.47. The molecule has 28 heavy (non-hydrogen) atoms. The summed E-state index contributed by atoms with van der Waals surface area (Å²) in [4.78, 5) is 40.1. The molecule has 2 aliphatic rings. The van der Waals surface area contributed by atoms with Crippen LogP contribution in [0.4, 0.5) is 4.79 Å². The fraction of sp³-hybridized carbons (Fsp3) is 0.421. The number of imide groups is 1. The Morgan fingerprint density at radius 2 is 2.07 bits per heavy atom. The molecule has 0 aromatic heterocycles. The number of hydrogen-bond acceptors (Lipinski definition) is 6. The molecule has 1 aromatic rings. The van der Waals surface area contributed by atoms with Gasteiger partial charge in [-0.2, -0.15) is 0 Å². The van der Waals surface area contributed by atoms with Gasteiger partial charge in [-0.3, -0.25) is 19.3 Å². The average Bonchev–Trinajstić information content (AvgIpc) is 2.95. The second kappa shape index (κ2) is 9.58. The van der Waals surface area contributed by atoms with Crippen molar-refractivity contribution in [2.75, 3.05) is 39.5 Å². The Morgan fingerprint density at radius 1 is 1.32 bits per heavy atom. The summed E-state index contributed by atoms with van der Waals surface area (Å²) < 4.78 is 11.6. The van der Waals surface area contributed by atoms with Crippen LogP contribution < -0.4 is 4.74 Å². The highest BCUT2D eigenvalue weighted by atomic mass is 79.9. The molecule has 2 fully saturated rings. The van der Waals surface area contributed by atoms with E-state index in [-0.39, 0.29) is 12.5 Å². The van der Waals surface area contributed by atoms with Gasteiger partial charge in [-0.15, -0.1) is 0 Å². The van der Waals surface area contributed by atoms with Crippen molar-refractivity contribution in [2.45, 2.75) is 13.3 Å². The number of rotatable bonds is 6. The SMILES string of the molecule is CCCOc1ccc(/C=C2\SC(=O)N(CC(=O)N3CCOCC3)C2=O)cc1Br. The van der Waals surface area contributed by atoms with Crippen LogP contribution in [0.2, 0.25) is 0 Å². The number of nitrogens with zero attached hydrogens (tertiary/aromatic N) is 2. The van der Waals surface area contributed by atoms with E-state index in [2.05, 4.69) is 15.9 Å².